The first kappa shape index (κ1) is 14.1. The summed E-state index contributed by atoms with van der Waals surface area (Å²) in [6, 6.07) is 18.2. The van der Waals surface area contributed by atoms with Crippen LogP contribution in [0.1, 0.15) is 12.0 Å². The minimum absolute atomic E-state index is 0.661. The van der Waals surface area contributed by atoms with Crippen molar-refractivity contribution in [2.45, 2.75) is 13.0 Å². The van der Waals surface area contributed by atoms with E-state index in [1.807, 2.05) is 36.4 Å². The summed E-state index contributed by atoms with van der Waals surface area (Å²) in [5, 5.41) is 0. The smallest absolute Gasteiger partial charge is 0.127 e. The number of rotatable bonds is 5. The van der Waals surface area contributed by atoms with Crippen molar-refractivity contribution in [1.29, 1.82) is 0 Å². The Bertz CT molecular complexity index is 570. The summed E-state index contributed by atoms with van der Waals surface area (Å²) >= 11 is 0. The van der Waals surface area contributed by atoms with Gasteiger partial charge in [0.1, 0.15) is 11.5 Å². The summed E-state index contributed by atoms with van der Waals surface area (Å²) in [7, 11) is 0. The molecule has 3 heteroatoms. The summed E-state index contributed by atoms with van der Waals surface area (Å²) in [5.41, 5.74) is 7.05. The van der Waals surface area contributed by atoms with Crippen molar-refractivity contribution in [1.82, 2.24) is 4.90 Å². The molecular formula is C18H22N2O. The molecular weight excluding hydrogens is 260 g/mol. The predicted molar refractivity (Wildman–Crippen MR) is 85.4 cm³/mol. The second-order valence-corrected chi connectivity index (χ2v) is 5.69. The summed E-state index contributed by atoms with van der Waals surface area (Å²) in [6.07, 6.45) is 1.22. The molecule has 3 rings (SSSR count). The lowest BCUT2D eigenvalue weighted by Gasteiger charge is -2.16. The fraction of sp³-hybridized carbons (Fsp3) is 0.333. The van der Waals surface area contributed by atoms with E-state index in [0.29, 0.717) is 5.92 Å². The van der Waals surface area contributed by atoms with E-state index < -0.39 is 0 Å². The summed E-state index contributed by atoms with van der Waals surface area (Å²) in [5.74, 6) is 2.43. The fourth-order valence-electron chi connectivity index (χ4n) is 2.84. The molecule has 1 aliphatic rings. The van der Waals surface area contributed by atoms with Gasteiger partial charge in [0.25, 0.3) is 0 Å². The highest BCUT2D eigenvalue weighted by Gasteiger charge is 2.20. The second kappa shape index (κ2) is 6.74. The minimum atomic E-state index is 0.661. The highest BCUT2D eigenvalue weighted by molar-refractivity contribution is 5.33. The largest absolute Gasteiger partial charge is 0.457 e. The molecule has 110 valence electrons. The molecule has 1 aliphatic heterocycles. The van der Waals surface area contributed by atoms with Crippen molar-refractivity contribution >= 4 is 0 Å². The molecule has 0 spiro atoms. The lowest BCUT2D eigenvalue weighted by atomic mass is 10.1. The Balaban J connectivity index is 1.63. The number of hydrogen-bond acceptors (Lipinski definition) is 3. The van der Waals surface area contributed by atoms with Crippen LogP contribution in [0.4, 0.5) is 0 Å². The molecule has 2 aromatic rings. The quantitative estimate of drug-likeness (QED) is 0.915. The Morgan fingerprint density at radius 1 is 1.05 bits per heavy atom. The fourth-order valence-corrected chi connectivity index (χ4v) is 2.84. The average molecular weight is 282 g/mol. The van der Waals surface area contributed by atoms with E-state index >= 15 is 0 Å². The zero-order chi connectivity index (χ0) is 14.5. The molecule has 0 aromatic heterocycles. The van der Waals surface area contributed by atoms with E-state index in [-0.39, 0.29) is 0 Å². The van der Waals surface area contributed by atoms with Crippen molar-refractivity contribution in [3.05, 3.63) is 60.2 Å². The second-order valence-electron chi connectivity index (χ2n) is 5.69. The molecule has 21 heavy (non-hydrogen) atoms. The van der Waals surface area contributed by atoms with Gasteiger partial charge < -0.3 is 10.5 Å². The van der Waals surface area contributed by atoms with Gasteiger partial charge in [-0.2, -0.15) is 0 Å². The van der Waals surface area contributed by atoms with Gasteiger partial charge in [0.15, 0.2) is 0 Å². The molecule has 2 aromatic carbocycles. The topological polar surface area (TPSA) is 38.5 Å². The van der Waals surface area contributed by atoms with Gasteiger partial charge in [-0.25, -0.2) is 0 Å². The number of benzene rings is 2. The molecule has 1 unspecified atom stereocenters. The van der Waals surface area contributed by atoms with E-state index in [4.69, 9.17) is 10.5 Å². The molecule has 0 aliphatic carbocycles. The number of nitrogens with two attached hydrogens (primary N) is 1. The van der Waals surface area contributed by atoms with Gasteiger partial charge in [0.2, 0.25) is 0 Å². The number of hydrogen-bond donors (Lipinski definition) is 1. The van der Waals surface area contributed by atoms with Crippen LogP contribution >= 0.6 is 0 Å². The zero-order valence-corrected chi connectivity index (χ0v) is 12.2. The van der Waals surface area contributed by atoms with Crippen molar-refractivity contribution in [2.24, 2.45) is 11.7 Å². The maximum Gasteiger partial charge on any atom is 0.127 e. The molecule has 3 nitrogen and oxygen atoms in total. The van der Waals surface area contributed by atoms with Crippen LogP contribution in [-0.4, -0.2) is 24.5 Å². The summed E-state index contributed by atoms with van der Waals surface area (Å²) < 4.78 is 5.89. The zero-order valence-electron chi connectivity index (χ0n) is 12.2. The van der Waals surface area contributed by atoms with E-state index in [1.165, 1.54) is 12.0 Å². The maximum absolute atomic E-state index is 5.89. The van der Waals surface area contributed by atoms with Crippen LogP contribution in [0.3, 0.4) is 0 Å². The number of ether oxygens (including phenoxy) is 1. The Morgan fingerprint density at radius 3 is 2.62 bits per heavy atom. The highest BCUT2D eigenvalue weighted by Crippen LogP contribution is 2.23. The van der Waals surface area contributed by atoms with E-state index in [0.717, 1.165) is 37.7 Å². The van der Waals surface area contributed by atoms with Gasteiger partial charge in [0, 0.05) is 13.1 Å². The standard InChI is InChI=1S/C18H22N2O/c19-12-16-9-10-20(14-16)13-15-5-4-8-18(11-15)21-17-6-2-1-3-7-17/h1-8,11,16H,9-10,12-14,19H2. The summed E-state index contributed by atoms with van der Waals surface area (Å²) in [6.45, 7) is 4.03. The molecule has 2 N–H and O–H groups in total. The molecule has 1 saturated heterocycles. The Morgan fingerprint density at radius 2 is 1.86 bits per heavy atom. The van der Waals surface area contributed by atoms with Gasteiger partial charge in [-0.1, -0.05) is 30.3 Å². The van der Waals surface area contributed by atoms with Gasteiger partial charge in [0.05, 0.1) is 0 Å². The lowest BCUT2D eigenvalue weighted by molar-refractivity contribution is 0.317. The van der Waals surface area contributed by atoms with Crippen LogP contribution < -0.4 is 10.5 Å². The third-order valence-electron chi connectivity index (χ3n) is 3.99. The van der Waals surface area contributed by atoms with Crippen LogP contribution in [-0.2, 0) is 6.54 Å². The molecule has 0 amide bonds. The van der Waals surface area contributed by atoms with Crippen molar-refractivity contribution in [2.75, 3.05) is 19.6 Å². The van der Waals surface area contributed by atoms with Crippen LogP contribution in [0.15, 0.2) is 54.6 Å². The van der Waals surface area contributed by atoms with Gasteiger partial charge in [-0.3, -0.25) is 4.90 Å². The van der Waals surface area contributed by atoms with Crippen LogP contribution in [0.2, 0.25) is 0 Å². The SMILES string of the molecule is NCC1CCN(Cc2cccc(Oc3ccccc3)c2)C1. The van der Waals surface area contributed by atoms with Crippen LogP contribution in [0.25, 0.3) is 0 Å². The number of para-hydroxylation sites is 1. The molecule has 0 radical (unpaired) electrons. The van der Waals surface area contributed by atoms with Crippen LogP contribution in [0, 0.1) is 5.92 Å². The Kier molecular flexibility index (Phi) is 4.53. The van der Waals surface area contributed by atoms with Crippen LogP contribution in [0.5, 0.6) is 11.5 Å². The Labute approximate surface area is 126 Å². The van der Waals surface area contributed by atoms with Crippen molar-refractivity contribution < 1.29 is 4.74 Å². The molecule has 0 bridgehead atoms. The molecule has 0 saturated carbocycles. The average Bonchev–Trinajstić information content (AvgIpc) is 2.96. The molecule has 1 fully saturated rings. The number of nitrogens with zero attached hydrogens (tertiary/aromatic N) is 1. The van der Waals surface area contributed by atoms with Gasteiger partial charge >= 0.3 is 0 Å². The third-order valence-corrected chi connectivity index (χ3v) is 3.99. The van der Waals surface area contributed by atoms with Crippen molar-refractivity contribution in [3.63, 3.8) is 0 Å². The normalized spacial score (nSPS) is 18.8. The third kappa shape index (κ3) is 3.84. The highest BCUT2D eigenvalue weighted by atomic mass is 16.5. The Hall–Kier alpha value is -1.84. The molecule has 1 heterocycles. The summed E-state index contributed by atoms with van der Waals surface area (Å²) in [4.78, 5) is 2.47. The van der Waals surface area contributed by atoms with E-state index in [2.05, 4.69) is 23.1 Å². The number of likely N-dealkylation sites (tertiary alicyclic amines) is 1. The first-order valence-electron chi connectivity index (χ1n) is 7.58. The maximum atomic E-state index is 5.89. The lowest BCUT2D eigenvalue weighted by Crippen LogP contribution is -2.22. The predicted octanol–water partition coefficient (Wildman–Crippen LogP) is 3.26. The van der Waals surface area contributed by atoms with E-state index in [9.17, 15) is 0 Å². The first-order chi connectivity index (χ1) is 10.3. The molecule has 1 atom stereocenters. The monoisotopic (exact) mass is 282 g/mol. The minimum Gasteiger partial charge on any atom is -0.457 e. The first-order valence-corrected chi connectivity index (χ1v) is 7.58. The van der Waals surface area contributed by atoms with Crippen molar-refractivity contribution in [3.8, 4) is 11.5 Å². The van der Waals surface area contributed by atoms with Gasteiger partial charge in [-0.15, -0.1) is 0 Å². The van der Waals surface area contributed by atoms with E-state index in [1.54, 1.807) is 0 Å². The van der Waals surface area contributed by atoms with Gasteiger partial charge in [-0.05, 0) is 55.3 Å².